The van der Waals surface area contributed by atoms with Crippen molar-refractivity contribution in [2.75, 3.05) is 11.9 Å². The van der Waals surface area contributed by atoms with Gasteiger partial charge in [-0.25, -0.2) is 4.98 Å². The standard InChI is InChI=1S/C27H39N7O9SSi/c1-15(2)23(35)31-26-30-22-20(24(36)32-26)28-14-33(22)25-21(43-45(7,8)27(4,5)6)16(3)19(41-25)13-29-44(39,40)42-18-11-9-17(10-12-18)34(37)38/h9-12,14-16,19,21,25,29H,13H2,1-8H3,(H2,30,31,32,35,36)/t16-,19-,21-,25-/m1/s1. The van der Waals surface area contributed by atoms with Gasteiger partial charge in [0.15, 0.2) is 25.7 Å². The minimum atomic E-state index is -4.34. The number of nitrogens with one attached hydrogen (secondary N) is 3. The largest absolute Gasteiger partial charge is 0.409 e. The number of nitrogens with zero attached hydrogens (tertiary/aromatic N) is 4. The highest BCUT2D eigenvalue weighted by Crippen LogP contribution is 2.44. The summed E-state index contributed by atoms with van der Waals surface area (Å²) >= 11 is 0. The molecule has 1 fully saturated rings. The summed E-state index contributed by atoms with van der Waals surface area (Å²) in [5, 5.41) is 13.3. The molecule has 1 aliphatic heterocycles. The quantitative estimate of drug-likeness (QED) is 0.153. The third kappa shape index (κ3) is 7.58. The summed E-state index contributed by atoms with van der Waals surface area (Å²) in [6.45, 7) is 15.5. The van der Waals surface area contributed by atoms with E-state index in [1.807, 2.05) is 6.92 Å². The van der Waals surface area contributed by atoms with Crippen LogP contribution in [0, 0.1) is 22.0 Å². The molecule has 2 aromatic heterocycles. The number of hydrogen-bond donors (Lipinski definition) is 3. The number of carbonyl (C=O) groups is 1. The highest BCUT2D eigenvalue weighted by molar-refractivity contribution is 7.85. The number of anilines is 1. The maximum Gasteiger partial charge on any atom is 0.382 e. The van der Waals surface area contributed by atoms with Crippen LogP contribution in [0.1, 0.15) is 47.8 Å². The van der Waals surface area contributed by atoms with E-state index in [4.69, 9.17) is 13.3 Å². The number of aromatic nitrogens is 4. The Bertz CT molecular complexity index is 1730. The van der Waals surface area contributed by atoms with Gasteiger partial charge in [0.1, 0.15) is 5.75 Å². The molecule has 4 rings (SSSR count). The number of aromatic amines is 1. The average molecular weight is 666 g/mol. The summed E-state index contributed by atoms with van der Waals surface area (Å²) < 4.78 is 47.8. The molecule has 45 heavy (non-hydrogen) atoms. The number of nitro groups is 1. The summed E-state index contributed by atoms with van der Waals surface area (Å²) in [6.07, 6.45) is -0.750. The Morgan fingerprint density at radius 3 is 2.47 bits per heavy atom. The number of non-ortho nitro benzene ring substituents is 1. The molecule has 1 amide bonds. The van der Waals surface area contributed by atoms with Crippen molar-refractivity contribution < 1.29 is 31.5 Å². The van der Waals surface area contributed by atoms with Gasteiger partial charge in [0, 0.05) is 30.5 Å². The van der Waals surface area contributed by atoms with Gasteiger partial charge in [0.25, 0.3) is 11.2 Å². The van der Waals surface area contributed by atoms with Gasteiger partial charge < -0.3 is 13.3 Å². The lowest BCUT2D eigenvalue weighted by atomic mass is 10.0. The van der Waals surface area contributed by atoms with Crippen LogP contribution in [-0.2, 0) is 24.3 Å². The van der Waals surface area contributed by atoms with E-state index in [9.17, 15) is 28.1 Å². The van der Waals surface area contributed by atoms with Crippen LogP contribution in [0.4, 0.5) is 11.6 Å². The van der Waals surface area contributed by atoms with Gasteiger partial charge in [0.2, 0.25) is 11.9 Å². The summed E-state index contributed by atoms with van der Waals surface area (Å²) in [4.78, 5) is 46.7. The third-order valence-corrected chi connectivity index (χ3v) is 13.5. The molecule has 1 aliphatic rings. The average Bonchev–Trinajstić information content (AvgIpc) is 3.48. The van der Waals surface area contributed by atoms with E-state index in [1.165, 1.54) is 18.5 Å². The third-order valence-electron chi connectivity index (χ3n) is 8.12. The molecule has 1 aromatic carbocycles. The molecule has 0 bridgehead atoms. The zero-order valence-electron chi connectivity index (χ0n) is 26.4. The number of benzene rings is 1. The first-order valence-corrected chi connectivity index (χ1v) is 18.7. The molecule has 16 nitrogen and oxygen atoms in total. The number of ether oxygens (including phenoxy) is 1. The normalized spacial score (nSPS) is 20.9. The number of H-pyrrole nitrogens is 1. The molecule has 3 heterocycles. The van der Waals surface area contributed by atoms with Crippen LogP contribution in [0.2, 0.25) is 18.1 Å². The molecule has 246 valence electrons. The van der Waals surface area contributed by atoms with E-state index in [1.54, 1.807) is 18.4 Å². The predicted molar refractivity (Wildman–Crippen MR) is 167 cm³/mol. The van der Waals surface area contributed by atoms with Crippen LogP contribution in [0.15, 0.2) is 35.4 Å². The van der Waals surface area contributed by atoms with Crippen LogP contribution in [0.3, 0.4) is 0 Å². The Labute approximate surface area is 261 Å². The van der Waals surface area contributed by atoms with E-state index >= 15 is 0 Å². The van der Waals surface area contributed by atoms with Crippen LogP contribution >= 0.6 is 0 Å². The fourth-order valence-electron chi connectivity index (χ4n) is 4.39. The van der Waals surface area contributed by atoms with Gasteiger partial charge in [-0.15, -0.1) is 0 Å². The number of nitro benzene ring substituents is 1. The van der Waals surface area contributed by atoms with Gasteiger partial charge in [-0.3, -0.25) is 34.6 Å². The summed E-state index contributed by atoms with van der Waals surface area (Å²) in [6, 6.07) is 4.63. The molecule has 18 heteroatoms. The zero-order valence-corrected chi connectivity index (χ0v) is 28.2. The van der Waals surface area contributed by atoms with E-state index in [-0.39, 0.29) is 57.9 Å². The smallest absolute Gasteiger partial charge is 0.382 e. The fraction of sp³-hybridized carbons (Fsp3) is 0.556. The van der Waals surface area contributed by atoms with E-state index < -0.39 is 47.5 Å². The van der Waals surface area contributed by atoms with Crippen LogP contribution in [-0.4, -0.2) is 65.8 Å². The first kappa shape index (κ1) is 34.2. The Morgan fingerprint density at radius 1 is 1.24 bits per heavy atom. The molecule has 0 aliphatic carbocycles. The van der Waals surface area contributed by atoms with Gasteiger partial charge in [-0.1, -0.05) is 41.5 Å². The second kappa shape index (κ2) is 12.6. The summed E-state index contributed by atoms with van der Waals surface area (Å²) in [5.41, 5.74) is -0.585. The van der Waals surface area contributed by atoms with Crippen LogP contribution in [0.5, 0.6) is 5.75 Å². The Kier molecular flexibility index (Phi) is 9.56. The number of carbonyl (C=O) groups excluding carboxylic acids is 1. The van der Waals surface area contributed by atoms with Crippen molar-refractivity contribution in [2.24, 2.45) is 11.8 Å². The number of fused-ring (bicyclic) bond motifs is 1. The minimum absolute atomic E-state index is 0.0283. The number of imidazole rings is 1. The van der Waals surface area contributed by atoms with Crippen molar-refractivity contribution in [2.45, 2.75) is 78.1 Å². The van der Waals surface area contributed by atoms with Crippen LogP contribution < -0.4 is 19.8 Å². The monoisotopic (exact) mass is 665 g/mol. The highest BCUT2D eigenvalue weighted by Gasteiger charge is 2.49. The van der Waals surface area contributed by atoms with Gasteiger partial charge >= 0.3 is 10.3 Å². The Balaban J connectivity index is 1.63. The molecule has 0 spiro atoms. The number of amides is 1. The molecule has 0 unspecified atom stereocenters. The zero-order chi connectivity index (χ0) is 33.5. The van der Waals surface area contributed by atoms with Crippen molar-refractivity contribution >= 4 is 47.3 Å². The Morgan fingerprint density at radius 2 is 1.89 bits per heavy atom. The van der Waals surface area contributed by atoms with Crippen molar-refractivity contribution in [3.63, 3.8) is 0 Å². The predicted octanol–water partition coefficient (Wildman–Crippen LogP) is 3.46. The maximum absolute atomic E-state index is 12.9. The molecular weight excluding hydrogens is 626 g/mol. The molecule has 0 saturated carbocycles. The fourth-order valence-corrected chi connectivity index (χ4v) is 6.55. The van der Waals surface area contributed by atoms with E-state index in [0.29, 0.717) is 0 Å². The van der Waals surface area contributed by atoms with Crippen molar-refractivity contribution in [3.8, 4) is 5.75 Å². The molecule has 4 atom stereocenters. The first-order chi connectivity index (χ1) is 20.8. The minimum Gasteiger partial charge on any atom is -0.409 e. The molecule has 0 radical (unpaired) electrons. The molecule has 1 saturated heterocycles. The molecule has 3 N–H and O–H groups in total. The lowest BCUT2D eigenvalue weighted by molar-refractivity contribution is -0.384. The lowest BCUT2D eigenvalue weighted by Gasteiger charge is -2.40. The number of rotatable bonds is 11. The second-order valence-corrected chi connectivity index (χ2v) is 18.9. The van der Waals surface area contributed by atoms with Gasteiger partial charge in [0.05, 0.1) is 23.5 Å². The summed E-state index contributed by atoms with van der Waals surface area (Å²) in [7, 11) is -6.75. The van der Waals surface area contributed by atoms with Gasteiger partial charge in [-0.2, -0.15) is 18.1 Å². The number of hydrogen-bond acceptors (Lipinski definition) is 11. The Hall–Kier alpha value is -3.71. The maximum atomic E-state index is 12.9. The van der Waals surface area contributed by atoms with Crippen molar-refractivity contribution in [1.29, 1.82) is 0 Å². The SMILES string of the molecule is CC(C)C(=O)Nc1nc2c(ncn2[C@@H]2O[C@H](CNS(=O)(=O)Oc3ccc([N+](=O)[O-])cc3)[C@@H](C)[C@H]2O[Si](C)(C)C(C)(C)C)c(=O)[nH]1. The van der Waals surface area contributed by atoms with Crippen molar-refractivity contribution in [3.05, 3.63) is 51.1 Å². The first-order valence-electron chi connectivity index (χ1n) is 14.3. The second-order valence-electron chi connectivity index (χ2n) is 12.8. The van der Waals surface area contributed by atoms with E-state index in [2.05, 4.69) is 58.9 Å². The topological polar surface area (TPSA) is 210 Å². The van der Waals surface area contributed by atoms with Gasteiger partial charge in [-0.05, 0) is 30.3 Å². The van der Waals surface area contributed by atoms with E-state index in [0.717, 1.165) is 12.1 Å². The highest BCUT2D eigenvalue weighted by atomic mass is 32.2. The summed E-state index contributed by atoms with van der Waals surface area (Å²) in [5.74, 6) is -1.20. The van der Waals surface area contributed by atoms with Crippen molar-refractivity contribution in [1.82, 2.24) is 24.2 Å². The van der Waals surface area contributed by atoms with Crippen LogP contribution in [0.25, 0.3) is 11.2 Å². The lowest BCUT2D eigenvalue weighted by Crippen LogP contribution is -2.47. The molecule has 3 aromatic rings. The molecular formula is C27H39N7O9SSi.